The molecule has 1 fully saturated rings. The van der Waals surface area contributed by atoms with Crippen molar-refractivity contribution in [3.63, 3.8) is 0 Å². The minimum Gasteiger partial charge on any atom is -0.370 e. The van der Waals surface area contributed by atoms with Gasteiger partial charge in [-0.15, -0.1) is 0 Å². The number of nitriles is 1. The molecule has 1 aromatic carbocycles. The van der Waals surface area contributed by atoms with Crippen LogP contribution in [-0.4, -0.2) is 11.6 Å². The Hall–Kier alpha value is -1.92. The van der Waals surface area contributed by atoms with Gasteiger partial charge < -0.3 is 4.74 Å². The minimum absolute atomic E-state index is 0.0661. The Morgan fingerprint density at radius 3 is 3.00 bits per heavy atom. The summed E-state index contributed by atoms with van der Waals surface area (Å²) in [5.41, 5.74) is 1.82. The van der Waals surface area contributed by atoms with Crippen LogP contribution in [0.15, 0.2) is 36.4 Å². The van der Waals surface area contributed by atoms with E-state index in [0.29, 0.717) is 6.61 Å². The van der Waals surface area contributed by atoms with E-state index >= 15 is 0 Å². The third-order valence-electron chi connectivity index (χ3n) is 3.17. The first-order chi connectivity index (χ1) is 8.38. The maximum Gasteiger partial charge on any atom is 0.115 e. The van der Waals surface area contributed by atoms with Crippen LogP contribution in [0.2, 0.25) is 0 Å². The van der Waals surface area contributed by atoms with Crippen molar-refractivity contribution in [2.75, 3.05) is 6.61 Å². The average molecular weight is 224 g/mol. The molecule has 2 unspecified atom stereocenters. The lowest BCUT2D eigenvalue weighted by Crippen LogP contribution is -2.07. The van der Waals surface area contributed by atoms with Crippen LogP contribution in [0, 0.1) is 17.2 Å². The second-order valence-electron chi connectivity index (χ2n) is 4.24. The van der Waals surface area contributed by atoms with E-state index in [9.17, 15) is 0 Å². The molecule has 84 valence electrons. The normalized spacial score (nSPS) is 23.7. The number of benzene rings is 1. The Kier molecular flexibility index (Phi) is 2.50. The molecule has 0 radical (unpaired) electrons. The molecule has 3 heteroatoms. The number of ether oxygens (including phenoxy) is 1. The lowest BCUT2D eigenvalue weighted by molar-refractivity contribution is 0.0975. The summed E-state index contributed by atoms with van der Waals surface area (Å²) < 4.78 is 5.61. The van der Waals surface area contributed by atoms with Crippen LogP contribution in [0.5, 0.6) is 0 Å². The number of hydrogen-bond donors (Lipinski definition) is 0. The molecular formula is C14H12N2O. The van der Waals surface area contributed by atoms with Gasteiger partial charge in [0.15, 0.2) is 0 Å². The summed E-state index contributed by atoms with van der Waals surface area (Å²) in [5, 5.41) is 10.2. The molecule has 1 aliphatic rings. The van der Waals surface area contributed by atoms with Gasteiger partial charge in [-0.3, -0.25) is 4.98 Å². The van der Waals surface area contributed by atoms with E-state index in [2.05, 4.69) is 11.1 Å². The Bertz CT molecular complexity index is 588. The van der Waals surface area contributed by atoms with Gasteiger partial charge in [-0.05, 0) is 18.6 Å². The van der Waals surface area contributed by atoms with E-state index in [0.717, 1.165) is 23.0 Å². The second kappa shape index (κ2) is 4.15. The van der Waals surface area contributed by atoms with Gasteiger partial charge in [-0.2, -0.15) is 5.26 Å². The number of fused-ring (bicyclic) bond motifs is 1. The summed E-state index contributed by atoms with van der Waals surface area (Å²) in [6.07, 6.45) is 0.639. The van der Waals surface area contributed by atoms with E-state index in [1.165, 1.54) is 0 Å². The predicted octanol–water partition coefficient (Wildman–Crippen LogP) is 2.84. The summed E-state index contributed by atoms with van der Waals surface area (Å²) in [6, 6.07) is 14.3. The van der Waals surface area contributed by atoms with Crippen molar-refractivity contribution >= 4 is 10.9 Å². The smallest absolute Gasteiger partial charge is 0.115 e. The Morgan fingerprint density at radius 1 is 1.24 bits per heavy atom. The molecule has 3 nitrogen and oxygen atoms in total. The van der Waals surface area contributed by atoms with Crippen molar-refractivity contribution < 1.29 is 4.74 Å². The third-order valence-corrected chi connectivity index (χ3v) is 3.17. The Morgan fingerprint density at radius 2 is 2.12 bits per heavy atom. The van der Waals surface area contributed by atoms with Crippen molar-refractivity contribution in [1.82, 2.24) is 4.98 Å². The first-order valence-electron chi connectivity index (χ1n) is 5.75. The summed E-state index contributed by atoms with van der Waals surface area (Å²) in [5.74, 6) is -0.0661. The molecule has 2 heterocycles. The fraction of sp³-hybridized carbons (Fsp3) is 0.286. The molecule has 1 aliphatic heterocycles. The standard InChI is InChI=1S/C14H12N2O/c15-9-11-7-8-17-14(11)13-6-5-10-3-1-2-4-12(10)16-13/h1-6,11,14H,7-8H2. The molecule has 0 saturated carbocycles. The second-order valence-corrected chi connectivity index (χ2v) is 4.24. The van der Waals surface area contributed by atoms with Crippen molar-refractivity contribution in [3.05, 3.63) is 42.1 Å². The number of nitrogens with zero attached hydrogens (tertiary/aromatic N) is 2. The quantitative estimate of drug-likeness (QED) is 0.748. The highest BCUT2D eigenvalue weighted by Gasteiger charge is 2.30. The molecule has 3 rings (SSSR count). The van der Waals surface area contributed by atoms with Crippen molar-refractivity contribution in [2.24, 2.45) is 5.92 Å². The fourth-order valence-corrected chi connectivity index (χ4v) is 2.25. The lowest BCUT2D eigenvalue weighted by atomic mass is 10.00. The summed E-state index contributed by atoms with van der Waals surface area (Å²) in [7, 11) is 0. The zero-order valence-electron chi connectivity index (χ0n) is 9.34. The van der Waals surface area contributed by atoms with Gasteiger partial charge in [0, 0.05) is 12.0 Å². The average Bonchev–Trinajstić information content (AvgIpc) is 2.86. The monoisotopic (exact) mass is 224 g/mol. The molecule has 0 aliphatic carbocycles. The van der Waals surface area contributed by atoms with Crippen LogP contribution in [0.3, 0.4) is 0 Å². The zero-order valence-corrected chi connectivity index (χ0v) is 9.34. The van der Waals surface area contributed by atoms with Crippen LogP contribution in [0.4, 0.5) is 0 Å². The van der Waals surface area contributed by atoms with Crippen LogP contribution < -0.4 is 0 Å². The first-order valence-corrected chi connectivity index (χ1v) is 5.75. The van der Waals surface area contributed by atoms with E-state index < -0.39 is 0 Å². The van der Waals surface area contributed by atoms with Gasteiger partial charge in [0.2, 0.25) is 0 Å². The Balaban J connectivity index is 2.03. The number of hydrogen-bond acceptors (Lipinski definition) is 3. The van der Waals surface area contributed by atoms with Crippen LogP contribution >= 0.6 is 0 Å². The highest BCUT2D eigenvalue weighted by molar-refractivity contribution is 5.78. The zero-order chi connectivity index (χ0) is 11.7. The van der Waals surface area contributed by atoms with E-state index in [1.54, 1.807) is 0 Å². The molecule has 0 bridgehead atoms. The molecule has 1 saturated heterocycles. The van der Waals surface area contributed by atoms with Crippen molar-refractivity contribution in [2.45, 2.75) is 12.5 Å². The van der Waals surface area contributed by atoms with E-state index in [-0.39, 0.29) is 12.0 Å². The molecular weight excluding hydrogens is 212 g/mol. The summed E-state index contributed by atoms with van der Waals surface area (Å²) >= 11 is 0. The van der Waals surface area contributed by atoms with Gasteiger partial charge in [0.25, 0.3) is 0 Å². The Labute approximate surface area is 99.7 Å². The lowest BCUT2D eigenvalue weighted by Gasteiger charge is -2.12. The van der Waals surface area contributed by atoms with Gasteiger partial charge in [0.1, 0.15) is 6.10 Å². The molecule has 1 aromatic heterocycles. The molecule has 0 N–H and O–H groups in total. The number of para-hydroxylation sites is 1. The SMILES string of the molecule is N#CC1CCOC1c1ccc2ccccc2n1. The minimum atomic E-state index is -0.162. The number of pyridine rings is 1. The van der Waals surface area contributed by atoms with E-state index in [4.69, 9.17) is 10.00 Å². The number of aromatic nitrogens is 1. The molecule has 2 aromatic rings. The van der Waals surface area contributed by atoms with Crippen LogP contribution in [-0.2, 0) is 4.74 Å². The van der Waals surface area contributed by atoms with Gasteiger partial charge in [-0.25, -0.2) is 0 Å². The van der Waals surface area contributed by atoms with E-state index in [1.807, 2.05) is 36.4 Å². The van der Waals surface area contributed by atoms with Crippen LogP contribution in [0.25, 0.3) is 10.9 Å². The highest BCUT2D eigenvalue weighted by atomic mass is 16.5. The highest BCUT2D eigenvalue weighted by Crippen LogP contribution is 2.33. The topological polar surface area (TPSA) is 45.9 Å². The van der Waals surface area contributed by atoms with Crippen molar-refractivity contribution in [1.29, 1.82) is 5.26 Å². The van der Waals surface area contributed by atoms with Gasteiger partial charge >= 0.3 is 0 Å². The maximum absolute atomic E-state index is 9.05. The molecule has 17 heavy (non-hydrogen) atoms. The largest absolute Gasteiger partial charge is 0.370 e. The molecule has 0 amide bonds. The van der Waals surface area contributed by atoms with Crippen LogP contribution in [0.1, 0.15) is 18.2 Å². The summed E-state index contributed by atoms with van der Waals surface area (Å²) in [6.45, 7) is 0.650. The predicted molar refractivity (Wildman–Crippen MR) is 64.2 cm³/mol. The third kappa shape index (κ3) is 1.77. The maximum atomic E-state index is 9.05. The van der Waals surface area contributed by atoms with Crippen molar-refractivity contribution in [3.8, 4) is 6.07 Å². The van der Waals surface area contributed by atoms with Gasteiger partial charge in [0.05, 0.1) is 23.2 Å². The molecule has 2 atom stereocenters. The van der Waals surface area contributed by atoms with Gasteiger partial charge in [-0.1, -0.05) is 24.3 Å². The molecule has 0 spiro atoms. The fourth-order valence-electron chi connectivity index (χ4n) is 2.25. The summed E-state index contributed by atoms with van der Waals surface area (Å²) in [4.78, 5) is 4.58. The first kappa shape index (κ1) is 10.2. The number of rotatable bonds is 1.